The molecule has 7 nitrogen and oxygen atoms in total. The normalized spacial score (nSPS) is 18.6. The number of hydrogen-bond donors (Lipinski definition) is 0. The fraction of sp³-hybridized carbons (Fsp3) is 0.667. The first-order valence-electron chi connectivity index (χ1n) is 8.63. The summed E-state index contributed by atoms with van der Waals surface area (Å²) in [5, 5.41) is 0. The van der Waals surface area contributed by atoms with Crippen LogP contribution in [0.1, 0.15) is 48.5 Å². The molecule has 0 radical (unpaired) electrons. The van der Waals surface area contributed by atoms with E-state index in [4.69, 9.17) is 18.8 Å². The zero-order valence-corrected chi connectivity index (χ0v) is 17.2. The van der Waals surface area contributed by atoms with Crippen LogP contribution < -0.4 is 15.1 Å². The van der Waals surface area contributed by atoms with Gasteiger partial charge in [-0.2, -0.15) is 0 Å². The van der Waals surface area contributed by atoms with Crippen molar-refractivity contribution in [1.29, 1.82) is 0 Å². The molecule has 0 bridgehead atoms. The lowest BCUT2D eigenvalue weighted by molar-refractivity contribution is 0.00578. The Balaban J connectivity index is 2.45. The lowest BCUT2D eigenvalue weighted by atomic mass is 9.77. The van der Waals surface area contributed by atoms with Crippen LogP contribution in [0, 0.1) is 0 Å². The summed E-state index contributed by atoms with van der Waals surface area (Å²) in [6.07, 6.45) is 2.66. The first-order valence-corrected chi connectivity index (χ1v) is 8.63. The van der Waals surface area contributed by atoms with Gasteiger partial charge in [0.25, 0.3) is 0 Å². The first kappa shape index (κ1) is 20.5. The van der Waals surface area contributed by atoms with E-state index in [9.17, 15) is 4.79 Å². The summed E-state index contributed by atoms with van der Waals surface area (Å²) in [6, 6.07) is 0. The average Bonchev–Trinajstić information content (AvgIpc) is 2.71. The number of ether oxygens (including phenoxy) is 2. The molecule has 1 amide bonds. The second kappa shape index (κ2) is 6.74. The fourth-order valence-electron chi connectivity index (χ4n) is 2.50. The first-order chi connectivity index (χ1) is 11.8. The number of carbonyl (C=O) groups excluding carboxylic acids is 1. The Hall–Kier alpha value is -1.80. The SMILES string of the molecule is COc1cncc(N(C)C(=O)OC(C)(C)C)c1B1OC(C)(C)C(C)(C)O1. The van der Waals surface area contributed by atoms with Crippen LogP contribution in [0.2, 0.25) is 0 Å². The summed E-state index contributed by atoms with van der Waals surface area (Å²) >= 11 is 0. The Labute approximate surface area is 156 Å². The minimum atomic E-state index is -0.696. The number of rotatable bonds is 3. The highest BCUT2D eigenvalue weighted by Crippen LogP contribution is 2.38. The van der Waals surface area contributed by atoms with Crippen molar-refractivity contribution in [2.45, 2.75) is 65.3 Å². The van der Waals surface area contributed by atoms with Gasteiger partial charge in [0.15, 0.2) is 0 Å². The lowest BCUT2D eigenvalue weighted by Crippen LogP contribution is -2.42. The molecule has 1 aromatic heterocycles. The molecule has 0 unspecified atom stereocenters. The molecule has 144 valence electrons. The Bertz CT molecular complexity index is 669. The third-order valence-corrected chi connectivity index (χ3v) is 4.67. The minimum Gasteiger partial charge on any atom is -0.495 e. The van der Waals surface area contributed by atoms with E-state index in [0.717, 1.165) is 0 Å². The number of aromatic nitrogens is 1. The molecular weight excluding hydrogens is 335 g/mol. The molecule has 8 heteroatoms. The van der Waals surface area contributed by atoms with Crippen LogP contribution in [0.25, 0.3) is 0 Å². The average molecular weight is 364 g/mol. The fourth-order valence-corrected chi connectivity index (χ4v) is 2.50. The van der Waals surface area contributed by atoms with Gasteiger partial charge in [0.1, 0.15) is 11.4 Å². The van der Waals surface area contributed by atoms with E-state index in [0.29, 0.717) is 16.9 Å². The summed E-state index contributed by atoms with van der Waals surface area (Å²) in [5.41, 5.74) is -0.532. The van der Waals surface area contributed by atoms with Crippen LogP contribution in [0.3, 0.4) is 0 Å². The summed E-state index contributed by atoms with van der Waals surface area (Å²) < 4.78 is 23.2. The molecule has 0 atom stereocenters. The van der Waals surface area contributed by atoms with E-state index in [-0.39, 0.29) is 0 Å². The molecule has 1 fully saturated rings. The van der Waals surface area contributed by atoms with Crippen LogP contribution in [0.4, 0.5) is 10.5 Å². The summed E-state index contributed by atoms with van der Waals surface area (Å²) in [7, 11) is 2.47. The third-order valence-electron chi connectivity index (χ3n) is 4.67. The van der Waals surface area contributed by atoms with E-state index in [2.05, 4.69) is 4.98 Å². The number of nitrogens with zero attached hydrogens (tertiary/aromatic N) is 2. The molecule has 2 rings (SSSR count). The van der Waals surface area contributed by atoms with E-state index in [1.54, 1.807) is 26.6 Å². The standard InChI is InChI=1S/C18H29BN2O5/c1-16(2,3)24-15(22)21(8)12-10-20-11-13(23-9)14(12)19-25-17(4,5)18(6,7)26-19/h10-11H,1-9H3. The highest BCUT2D eigenvalue weighted by atomic mass is 16.7. The van der Waals surface area contributed by atoms with E-state index >= 15 is 0 Å². The van der Waals surface area contributed by atoms with Crippen LogP contribution >= 0.6 is 0 Å². The second-order valence-corrected chi connectivity index (χ2v) is 8.40. The maximum Gasteiger partial charge on any atom is 0.500 e. The predicted molar refractivity (Wildman–Crippen MR) is 101 cm³/mol. The minimum absolute atomic E-state index is 0.483. The van der Waals surface area contributed by atoms with Crippen molar-refractivity contribution in [2.24, 2.45) is 0 Å². The molecular formula is C18H29BN2O5. The Morgan fingerprint density at radius 2 is 1.69 bits per heavy atom. The van der Waals surface area contributed by atoms with E-state index < -0.39 is 30.0 Å². The van der Waals surface area contributed by atoms with Crippen molar-refractivity contribution in [2.75, 3.05) is 19.1 Å². The topological polar surface area (TPSA) is 70.1 Å². The Morgan fingerprint density at radius 1 is 1.15 bits per heavy atom. The van der Waals surface area contributed by atoms with Crippen LogP contribution in [0.5, 0.6) is 5.75 Å². The number of anilines is 1. The van der Waals surface area contributed by atoms with E-state index in [1.807, 2.05) is 48.5 Å². The van der Waals surface area contributed by atoms with Crippen LogP contribution in [-0.2, 0) is 14.0 Å². The van der Waals surface area contributed by atoms with Gasteiger partial charge < -0.3 is 18.8 Å². The Morgan fingerprint density at radius 3 is 2.15 bits per heavy atom. The number of hydrogen-bond acceptors (Lipinski definition) is 6. The predicted octanol–water partition coefficient (Wildman–Crippen LogP) is 2.76. The molecule has 0 N–H and O–H groups in total. The number of carbonyl (C=O) groups is 1. The highest BCUT2D eigenvalue weighted by molar-refractivity contribution is 6.65. The van der Waals surface area contributed by atoms with Crippen LogP contribution in [0.15, 0.2) is 12.4 Å². The molecule has 0 saturated carbocycles. The van der Waals surface area contributed by atoms with Crippen molar-refractivity contribution in [1.82, 2.24) is 4.98 Å². The van der Waals surface area contributed by atoms with E-state index in [1.165, 1.54) is 4.90 Å². The molecule has 0 aliphatic carbocycles. The molecule has 1 aliphatic heterocycles. The summed E-state index contributed by atoms with van der Waals surface area (Å²) in [4.78, 5) is 18.1. The number of amides is 1. The molecule has 2 heterocycles. The van der Waals surface area contributed by atoms with Crippen molar-refractivity contribution >= 4 is 24.4 Å². The monoisotopic (exact) mass is 364 g/mol. The van der Waals surface area contributed by atoms with Crippen molar-refractivity contribution in [3.63, 3.8) is 0 Å². The molecule has 1 aliphatic rings. The smallest absolute Gasteiger partial charge is 0.495 e. The van der Waals surface area contributed by atoms with Gasteiger partial charge in [0, 0.05) is 7.05 Å². The third kappa shape index (κ3) is 3.96. The zero-order chi connectivity index (χ0) is 19.9. The molecule has 26 heavy (non-hydrogen) atoms. The van der Waals surface area contributed by atoms with Gasteiger partial charge in [0.05, 0.1) is 41.9 Å². The van der Waals surface area contributed by atoms with Gasteiger partial charge in [-0.1, -0.05) is 0 Å². The van der Waals surface area contributed by atoms with Gasteiger partial charge >= 0.3 is 13.2 Å². The largest absolute Gasteiger partial charge is 0.500 e. The number of methoxy groups -OCH3 is 1. The van der Waals surface area contributed by atoms with Gasteiger partial charge in [-0.15, -0.1) is 0 Å². The second-order valence-electron chi connectivity index (χ2n) is 8.40. The Kier molecular flexibility index (Phi) is 5.32. The van der Waals surface area contributed by atoms with Crippen molar-refractivity contribution < 1.29 is 23.6 Å². The lowest BCUT2D eigenvalue weighted by Gasteiger charge is -2.32. The number of pyridine rings is 1. The van der Waals surface area contributed by atoms with Gasteiger partial charge in [-0.05, 0) is 48.5 Å². The van der Waals surface area contributed by atoms with Gasteiger partial charge in [0.2, 0.25) is 0 Å². The molecule has 1 aromatic rings. The maximum absolute atomic E-state index is 12.5. The zero-order valence-electron chi connectivity index (χ0n) is 17.2. The maximum atomic E-state index is 12.5. The van der Waals surface area contributed by atoms with Crippen molar-refractivity contribution in [3.8, 4) is 5.75 Å². The summed E-state index contributed by atoms with van der Waals surface area (Å²) in [6.45, 7) is 13.3. The highest BCUT2D eigenvalue weighted by Gasteiger charge is 2.53. The molecule has 1 saturated heterocycles. The van der Waals surface area contributed by atoms with Gasteiger partial charge in [-0.25, -0.2) is 4.79 Å². The van der Waals surface area contributed by atoms with Crippen molar-refractivity contribution in [3.05, 3.63) is 12.4 Å². The van der Waals surface area contributed by atoms with Gasteiger partial charge in [-0.3, -0.25) is 9.88 Å². The molecule has 0 aromatic carbocycles. The quantitative estimate of drug-likeness (QED) is 0.769. The molecule has 0 spiro atoms. The van der Waals surface area contributed by atoms with Crippen LogP contribution in [-0.4, -0.2) is 49.2 Å². The summed E-state index contributed by atoms with van der Waals surface area (Å²) in [5.74, 6) is 0.483.